The van der Waals surface area contributed by atoms with E-state index in [-0.39, 0.29) is 18.3 Å². The highest BCUT2D eigenvalue weighted by Gasteiger charge is 2.44. The molecule has 0 heterocycles. The van der Waals surface area contributed by atoms with Gasteiger partial charge in [-0.15, -0.1) is 0 Å². The van der Waals surface area contributed by atoms with E-state index >= 15 is 0 Å². The normalized spacial score (nSPS) is 24.1. The van der Waals surface area contributed by atoms with E-state index in [0.29, 0.717) is 19.4 Å². The van der Waals surface area contributed by atoms with Gasteiger partial charge in [0.1, 0.15) is 0 Å². The van der Waals surface area contributed by atoms with Crippen molar-refractivity contribution in [3.05, 3.63) is 34.9 Å². The molecule has 1 aromatic carbocycles. The molecule has 3 heteroatoms. The van der Waals surface area contributed by atoms with Crippen LogP contribution in [0.25, 0.3) is 0 Å². The summed E-state index contributed by atoms with van der Waals surface area (Å²) in [6, 6.07) is 6.42. The predicted octanol–water partition coefficient (Wildman–Crippen LogP) is 3.97. The number of benzene rings is 1. The van der Waals surface area contributed by atoms with E-state index in [1.54, 1.807) is 0 Å². The third kappa shape index (κ3) is 2.37. The van der Waals surface area contributed by atoms with Crippen molar-refractivity contribution in [2.45, 2.75) is 62.7 Å². The lowest BCUT2D eigenvalue weighted by Crippen LogP contribution is -2.43. The van der Waals surface area contributed by atoms with E-state index in [2.05, 4.69) is 18.2 Å². The summed E-state index contributed by atoms with van der Waals surface area (Å²) in [6.07, 6.45) is 5.66. The van der Waals surface area contributed by atoms with Crippen LogP contribution in [0.3, 0.4) is 0 Å². The van der Waals surface area contributed by atoms with Crippen LogP contribution in [0.15, 0.2) is 18.2 Å². The van der Waals surface area contributed by atoms with Crippen LogP contribution in [-0.4, -0.2) is 12.5 Å². The van der Waals surface area contributed by atoms with Crippen molar-refractivity contribution >= 4 is 0 Å². The molecule has 2 N–H and O–H groups in total. The third-order valence-corrected chi connectivity index (χ3v) is 5.30. The monoisotopic (exact) mass is 279 g/mol. The van der Waals surface area contributed by atoms with E-state index in [4.69, 9.17) is 5.73 Å². The lowest BCUT2D eigenvalue weighted by atomic mass is 9.66. The number of nitrogens with two attached hydrogens (primary N) is 1. The molecule has 0 atom stereocenters. The molecule has 0 radical (unpaired) electrons. The summed E-state index contributed by atoms with van der Waals surface area (Å²) in [5, 5.41) is 0. The van der Waals surface area contributed by atoms with Crippen molar-refractivity contribution in [3.8, 4) is 0 Å². The van der Waals surface area contributed by atoms with E-state index < -0.39 is 5.92 Å². The molecule has 0 bridgehead atoms. The Hall–Kier alpha value is -0.960. The first-order valence-electron chi connectivity index (χ1n) is 7.76. The summed E-state index contributed by atoms with van der Waals surface area (Å²) in [5.74, 6) is -2.49. The van der Waals surface area contributed by atoms with Crippen LogP contribution >= 0.6 is 0 Å². The standard InChI is InChI=1S/C17H23F2N/c18-17(19)10-8-16(12-20,9-11-17)15-7-3-5-13-4-1-2-6-14(13)15/h3,5,7H,1-2,4,6,8-12,20H2. The van der Waals surface area contributed by atoms with Gasteiger partial charge in [0, 0.05) is 24.8 Å². The van der Waals surface area contributed by atoms with Crippen LogP contribution in [-0.2, 0) is 18.3 Å². The van der Waals surface area contributed by atoms with Gasteiger partial charge in [-0.3, -0.25) is 0 Å². The summed E-state index contributed by atoms with van der Waals surface area (Å²) < 4.78 is 27.0. The molecule has 1 nitrogen and oxygen atoms in total. The number of alkyl halides is 2. The highest BCUT2D eigenvalue weighted by molar-refractivity contribution is 5.42. The maximum atomic E-state index is 13.5. The van der Waals surface area contributed by atoms with Gasteiger partial charge in [0.15, 0.2) is 0 Å². The highest BCUT2D eigenvalue weighted by Crippen LogP contribution is 2.46. The minimum atomic E-state index is -2.49. The van der Waals surface area contributed by atoms with Gasteiger partial charge in [0.25, 0.3) is 0 Å². The van der Waals surface area contributed by atoms with E-state index in [0.717, 1.165) is 12.8 Å². The summed E-state index contributed by atoms with van der Waals surface area (Å²) in [7, 11) is 0. The average molecular weight is 279 g/mol. The van der Waals surface area contributed by atoms with Crippen LogP contribution in [0, 0.1) is 0 Å². The van der Waals surface area contributed by atoms with Crippen LogP contribution in [0.1, 0.15) is 55.2 Å². The summed E-state index contributed by atoms with van der Waals surface area (Å²) in [4.78, 5) is 0. The third-order valence-electron chi connectivity index (χ3n) is 5.30. The van der Waals surface area contributed by atoms with Crippen molar-refractivity contribution in [1.82, 2.24) is 0 Å². The zero-order valence-electron chi connectivity index (χ0n) is 11.9. The maximum Gasteiger partial charge on any atom is 0.248 e. The zero-order chi connectivity index (χ0) is 14.2. The molecular formula is C17H23F2N. The minimum absolute atomic E-state index is 0.0200. The van der Waals surface area contributed by atoms with Gasteiger partial charge in [-0.2, -0.15) is 0 Å². The first kappa shape index (κ1) is 14.0. The van der Waals surface area contributed by atoms with Gasteiger partial charge in [0.05, 0.1) is 0 Å². The second kappa shape index (κ2) is 5.10. The SMILES string of the molecule is NCC1(c2cccc3c2CCCC3)CCC(F)(F)CC1. The van der Waals surface area contributed by atoms with E-state index in [1.165, 1.54) is 29.5 Å². The number of hydrogen-bond acceptors (Lipinski definition) is 1. The van der Waals surface area contributed by atoms with Gasteiger partial charge >= 0.3 is 0 Å². The number of aryl methyl sites for hydroxylation is 1. The van der Waals surface area contributed by atoms with Gasteiger partial charge < -0.3 is 5.73 Å². The molecule has 0 aliphatic heterocycles. The summed E-state index contributed by atoms with van der Waals surface area (Å²) in [6.45, 7) is 0.486. The van der Waals surface area contributed by atoms with Gasteiger partial charge in [-0.05, 0) is 55.2 Å². The molecule has 0 unspecified atom stereocenters. The zero-order valence-corrected chi connectivity index (χ0v) is 11.9. The number of fused-ring (bicyclic) bond motifs is 1. The summed E-state index contributed by atoms with van der Waals surface area (Å²) >= 11 is 0. The fourth-order valence-corrected chi connectivity index (χ4v) is 3.96. The molecule has 2 aliphatic carbocycles. The molecule has 0 spiro atoms. The fourth-order valence-electron chi connectivity index (χ4n) is 3.96. The molecule has 1 aromatic rings. The quantitative estimate of drug-likeness (QED) is 0.871. The Labute approximate surface area is 119 Å². The average Bonchev–Trinajstić information content (AvgIpc) is 2.48. The summed E-state index contributed by atoms with van der Waals surface area (Å²) in [5.41, 5.74) is 9.93. The van der Waals surface area contributed by atoms with Crippen LogP contribution in [0.5, 0.6) is 0 Å². The molecule has 2 aliphatic rings. The van der Waals surface area contributed by atoms with Crippen molar-refractivity contribution < 1.29 is 8.78 Å². The predicted molar refractivity (Wildman–Crippen MR) is 77.2 cm³/mol. The number of halogens is 2. The Kier molecular flexibility index (Phi) is 3.57. The Morgan fingerprint density at radius 1 is 1.00 bits per heavy atom. The molecule has 1 fully saturated rings. The fraction of sp³-hybridized carbons (Fsp3) is 0.647. The minimum Gasteiger partial charge on any atom is -0.330 e. The van der Waals surface area contributed by atoms with Crippen LogP contribution in [0.2, 0.25) is 0 Å². The molecule has 0 amide bonds. The van der Waals surface area contributed by atoms with Crippen LogP contribution in [0.4, 0.5) is 8.78 Å². The van der Waals surface area contributed by atoms with E-state index in [9.17, 15) is 8.78 Å². The topological polar surface area (TPSA) is 26.0 Å². The smallest absolute Gasteiger partial charge is 0.248 e. The first-order valence-corrected chi connectivity index (χ1v) is 7.76. The number of rotatable bonds is 2. The van der Waals surface area contributed by atoms with Crippen molar-refractivity contribution in [2.24, 2.45) is 5.73 Å². The largest absolute Gasteiger partial charge is 0.330 e. The Morgan fingerprint density at radius 3 is 2.40 bits per heavy atom. The van der Waals surface area contributed by atoms with Gasteiger partial charge in [-0.1, -0.05) is 18.2 Å². The lowest BCUT2D eigenvalue weighted by molar-refractivity contribution is -0.0510. The number of hydrogen-bond donors (Lipinski definition) is 1. The molecular weight excluding hydrogens is 256 g/mol. The Balaban J connectivity index is 1.98. The highest BCUT2D eigenvalue weighted by atomic mass is 19.3. The lowest BCUT2D eigenvalue weighted by Gasteiger charge is -2.41. The Morgan fingerprint density at radius 2 is 1.70 bits per heavy atom. The van der Waals surface area contributed by atoms with Gasteiger partial charge in [-0.25, -0.2) is 8.78 Å². The van der Waals surface area contributed by atoms with Gasteiger partial charge in [0.2, 0.25) is 5.92 Å². The second-order valence-electron chi connectivity index (χ2n) is 6.49. The van der Waals surface area contributed by atoms with E-state index in [1.807, 2.05) is 0 Å². The van der Waals surface area contributed by atoms with Crippen LogP contribution < -0.4 is 5.73 Å². The molecule has 0 saturated heterocycles. The molecule has 3 rings (SSSR count). The Bertz CT molecular complexity index is 486. The molecule has 1 saturated carbocycles. The second-order valence-corrected chi connectivity index (χ2v) is 6.49. The molecule has 0 aromatic heterocycles. The molecule has 20 heavy (non-hydrogen) atoms. The van der Waals surface area contributed by atoms with Crippen molar-refractivity contribution in [2.75, 3.05) is 6.54 Å². The van der Waals surface area contributed by atoms with Crippen molar-refractivity contribution in [1.29, 1.82) is 0 Å². The first-order chi connectivity index (χ1) is 9.56. The maximum absolute atomic E-state index is 13.5. The molecule has 110 valence electrons. The van der Waals surface area contributed by atoms with Crippen molar-refractivity contribution in [3.63, 3.8) is 0 Å².